The van der Waals surface area contributed by atoms with Crippen molar-refractivity contribution in [1.29, 1.82) is 0 Å². The lowest BCUT2D eigenvalue weighted by Crippen LogP contribution is -2.30. The van der Waals surface area contributed by atoms with Gasteiger partial charge in [0.15, 0.2) is 6.10 Å². The highest BCUT2D eigenvalue weighted by atomic mass is 16.6. The Morgan fingerprint density at radius 3 is 0.903 bits per heavy atom. The second-order valence-electron chi connectivity index (χ2n) is 19.1. The van der Waals surface area contributed by atoms with E-state index in [1.165, 1.54) is 89.9 Å². The van der Waals surface area contributed by atoms with E-state index < -0.39 is 6.10 Å². The van der Waals surface area contributed by atoms with E-state index in [9.17, 15) is 14.4 Å². The number of carbonyl (C=O) groups excluding carboxylic acids is 3. The summed E-state index contributed by atoms with van der Waals surface area (Å²) in [5.41, 5.74) is 0. The Labute approximate surface area is 443 Å². The van der Waals surface area contributed by atoms with Crippen molar-refractivity contribution in [2.24, 2.45) is 0 Å². The smallest absolute Gasteiger partial charge is 0.306 e. The second-order valence-corrected chi connectivity index (χ2v) is 19.1. The van der Waals surface area contributed by atoms with Crippen LogP contribution in [0.4, 0.5) is 0 Å². The molecule has 0 amide bonds. The van der Waals surface area contributed by atoms with Crippen LogP contribution >= 0.6 is 0 Å². The van der Waals surface area contributed by atoms with Gasteiger partial charge in [0.2, 0.25) is 0 Å². The molecule has 0 fully saturated rings. The maximum Gasteiger partial charge on any atom is 0.306 e. The highest BCUT2D eigenvalue weighted by Crippen LogP contribution is 2.15. The molecular weight excluding hydrogens is 889 g/mol. The van der Waals surface area contributed by atoms with Crippen LogP contribution in [0.25, 0.3) is 0 Å². The molecule has 6 heteroatoms. The molecule has 0 spiro atoms. The fraction of sp³-hybridized carbons (Fsp3) is 0.652. The number of unbranched alkanes of at least 4 members (excludes halogenated alkanes) is 21. The molecule has 6 nitrogen and oxygen atoms in total. The molecule has 0 saturated carbocycles. The molecule has 0 saturated heterocycles. The largest absolute Gasteiger partial charge is 0.462 e. The monoisotopic (exact) mass is 997 g/mol. The van der Waals surface area contributed by atoms with E-state index in [1.54, 1.807) is 0 Å². The van der Waals surface area contributed by atoms with Crippen molar-refractivity contribution in [2.45, 2.75) is 264 Å². The normalized spacial score (nSPS) is 13.0. The highest BCUT2D eigenvalue weighted by molar-refractivity contribution is 5.71. The first-order valence-electron chi connectivity index (χ1n) is 29.5. The molecule has 1 atom stereocenters. The average molecular weight is 998 g/mol. The van der Waals surface area contributed by atoms with Crippen LogP contribution in [-0.2, 0) is 28.6 Å². The molecule has 0 N–H and O–H groups in total. The van der Waals surface area contributed by atoms with Gasteiger partial charge in [0.1, 0.15) is 13.2 Å². The summed E-state index contributed by atoms with van der Waals surface area (Å²) >= 11 is 0. The standard InChI is InChI=1S/C66H108O6/c1-4-7-10-13-16-19-22-24-26-28-29-30-31-32-33-34-35-36-37-39-40-42-44-47-50-53-56-59-65(68)71-62-63(61-70-64(67)58-55-52-49-46-21-18-15-12-9-6-3)72-66(69)60-57-54-51-48-45-43-41-38-27-25-23-20-17-14-11-8-5-2/h7-8,10-12,15-17,19-20,24-27,29-30,41,43,48,51,63H,4-6,9,13-14,18,21-23,28,31-40,42,44-47,49-50,52-62H2,1-3H3/b10-7-,11-8-,15-12-,19-16-,20-17-,26-24-,27-25-,30-29-,43-41-,51-48-. The van der Waals surface area contributed by atoms with Crippen molar-refractivity contribution in [3.05, 3.63) is 122 Å². The SMILES string of the molecule is CC/C=C\C/C=C\C/C=C\C/C=C\C/C=C\CCCC(=O)OC(COC(=O)CCCCCCC/C=C\CCC)COC(=O)CCCCCCCCCCCCCCCC/C=C\C/C=C\C/C=C\C/C=C\CC. The van der Waals surface area contributed by atoms with Crippen molar-refractivity contribution in [3.8, 4) is 0 Å². The lowest BCUT2D eigenvalue weighted by molar-refractivity contribution is -0.167. The first-order valence-corrected chi connectivity index (χ1v) is 29.5. The summed E-state index contributed by atoms with van der Waals surface area (Å²) in [6.07, 6.45) is 82.2. The Morgan fingerprint density at radius 2 is 0.556 bits per heavy atom. The number of rotatable bonds is 52. The molecule has 0 aromatic carbocycles. The maximum atomic E-state index is 12.8. The predicted molar refractivity (Wildman–Crippen MR) is 311 cm³/mol. The van der Waals surface area contributed by atoms with E-state index in [2.05, 4.69) is 142 Å². The van der Waals surface area contributed by atoms with E-state index in [0.717, 1.165) is 122 Å². The zero-order valence-electron chi connectivity index (χ0n) is 46.7. The minimum Gasteiger partial charge on any atom is -0.462 e. The molecule has 0 radical (unpaired) electrons. The number of hydrogen-bond donors (Lipinski definition) is 0. The van der Waals surface area contributed by atoms with Gasteiger partial charge in [-0.2, -0.15) is 0 Å². The lowest BCUT2D eigenvalue weighted by Gasteiger charge is -2.18. The zero-order valence-corrected chi connectivity index (χ0v) is 46.7. The Bertz CT molecular complexity index is 1520. The van der Waals surface area contributed by atoms with Gasteiger partial charge < -0.3 is 14.2 Å². The molecule has 0 aromatic rings. The third-order valence-electron chi connectivity index (χ3n) is 12.2. The van der Waals surface area contributed by atoms with Crippen molar-refractivity contribution < 1.29 is 28.6 Å². The minimum absolute atomic E-state index is 0.105. The fourth-order valence-corrected chi connectivity index (χ4v) is 7.82. The van der Waals surface area contributed by atoms with Gasteiger partial charge in [-0.25, -0.2) is 0 Å². The summed E-state index contributed by atoms with van der Waals surface area (Å²) in [4.78, 5) is 38.1. The molecule has 0 aliphatic rings. The van der Waals surface area contributed by atoms with Crippen LogP contribution < -0.4 is 0 Å². The first kappa shape index (κ1) is 67.8. The summed E-state index contributed by atoms with van der Waals surface area (Å²) in [5, 5.41) is 0. The van der Waals surface area contributed by atoms with Crippen LogP contribution in [0, 0.1) is 0 Å². The van der Waals surface area contributed by atoms with Crippen molar-refractivity contribution in [1.82, 2.24) is 0 Å². The molecule has 1 unspecified atom stereocenters. The van der Waals surface area contributed by atoms with Gasteiger partial charge in [-0.15, -0.1) is 0 Å². The Balaban J connectivity index is 4.29. The van der Waals surface area contributed by atoms with Gasteiger partial charge >= 0.3 is 17.9 Å². The molecule has 408 valence electrons. The number of ether oxygens (including phenoxy) is 3. The van der Waals surface area contributed by atoms with E-state index >= 15 is 0 Å². The molecule has 0 rings (SSSR count). The van der Waals surface area contributed by atoms with Crippen molar-refractivity contribution in [3.63, 3.8) is 0 Å². The molecular formula is C66H108O6. The third kappa shape index (κ3) is 56.7. The number of hydrogen-bond acceptors (Lipinski definition) is 6. The summed E-state index contributed by atoms with van der Waals surface area (Å²) < 4.78 is 16.8. The van der Waals surface area contributed by atoms with E-state index in [4.69, 9.17) is 14.2 Å². The van der Waals surface area contributed by atoms with Crippen LogP contribution in [0.3, 0.4) is 0 Å². The van der Waals surface area contributed by atoms with Crippen molar-refractivity contribution >= 4 is 17.9 Å². The summed E-state index contributed by atoms with van der Waals surface area (Å²) in [5.74, 6) is -0.977. The quantitative estimate of drug-likeness (QED) is 0.0261. The second kappa shape index (κ2) is 59.4. The Hall–Kier alpha value is -4.19. The van der Waals surface area contributed by atoms with Gasteiger partial charge in [0, 0.05) is 19.3 Å². The predicted octanol–water partition coefficient (Wildman–Crippen LogP) is 20.0. The van der Waals surface area contributed by atoms with E-state index in [0.29, 0.717) is 19.3 Å². The van der Waals surface area contributed by atoms with Crippen LogP contribution in [0.5, 0.6) is 0 Å². The van der Waals surface area contributed by atoms with Gasteiger partial charge in [-0.05, 0) is 116 Å². The molecule has 0 heterocycles. The minimum atomic E-state index is -0.813. The van der Waals surface area contributed by atoms with E-state index in [-0.39, 0.29) is 37.5 Å². The van der Waals surface area contributed by atoms with Gasteiger partial charge in [-0.1, -0.05) is 245 Å². The lowest BCUT2D eigenvalue weighted by atomic mass is 10.0. The van der Waals surface area contributed by atoms with Crippen molar-refractivity contribution in [2.75, 3.05) is 13.2 Å². The maximum absolute atomic E-state index is 12.8. The Morgan fingerprint density at radius 1 is 0.292 bits per heavy atom. The van der Waals surface area contributed by atoms with Crippen LogP contribution in [0.2, 0.25) is 0 Å². The Kier molecular flexibility index (Phi) is 55.9. The summed E-state index contributed by atoms with van der Waals surface area (Å²) in [7, 11) is 0. The fourth-order valence-electron chi connectivity index (χ4n) is 7.82. The number of allylic oxidation sites excluding steroid dienone is 20. The molecule has 0 aromatic heterocycles. The molecule has 72 heavy (non-hydrogen) atoms. The van der Waals surface area contributed by atoms with E-state index in [1.807, 2.05) is 0 Å². The number of carbonyl (C=O) groups is 3. The van der Waals surface area contributed by atoms with Gasteiger partial charge in [0.25, 0.3) is 0 Å². The average Bonchev–Trinajstić information content (AvgIpc) is 3.38. The zero-order chi connectivity index (χ0) is 52.2. The molecule has 0 aliphatic carbocycles. The first-order chi connectivity index (χ1) is 35.5. The van der Waals surface area contributed by atoms with Crippen LogP contribution in [-0.4, -0.2) is 37.2 Å². The molecule has 0 bridgehead atoms. The topological polar surface area (TPSA) is 78.9 Å². The van der Waals surface area contributed by atoms with Crippen LogP contribution in [0.15, 0.2) is 122 Å². The summed E-state index contributed by atoms with van der Waals surface area (Å²) in [6.45, 7) is 6.30. The highest BCUT2D eigenvalue weighted by Gasteiger charge is 2.19. The van der Waals surface area contributed by atoms with Gasteiger partial charge in [-0.3, -0.25) is 14.4 Å². The summed E-state index contributed by atoms with van der Waals surface area (Å²) in [6, 6.07) is 0. The third-order valence-corrected chi connectivity index (χ3v) is 12.2. The molecule has 0 aliphatic heterocycles. The number of esters is 3. The van der Waals surface area contributed by atoms with Gasteiger partial charge in [0.05, 0.1) is 0 Å². The van der Waals surface area contributed by atoms with Crippen LogP contribution in [0.1, 0.15) is 258 Å².